The lowest BCUT2D eigenvalue weighted by Crippen LogP contribution is -2.30. The van der Waals surface area contributed by atoms with Gasteiger partial charge >= 0.3 is 0 Å². The number of hydrogen-bond donors (Lipinski definition) is 2. The largest absolute Gasteiger partial charge is 0.383 e. The molecule has 0 spiro atoms. The summed E-state index contributed by atoms with van der Waals surface area (Å²) >= 11 is 0. The van der Waals surface area contributed by atoms with Crippen LogP contribution in [0.1, 0.15) is 17.5 Å². The number of primary amides is 1. The molecule has 1 aliphatic heterocycles. The van der Waals surface area contributed by atoms with Crippen LogP contribution in [0, 0.1) is 5.41 Å². The Morgan fingerprint density at radius 1 is 1.50 bits per heavy atom. The number of likely N-dealkylation sites (N-methyl/N-ethyl adjacent to an activating group) is 1. The molecule has 1 amide bonds. The van der Waals surface area contributed by atoms with E-state index in [-0.39, 0.29) is 0 Å². The molecule has 22 heavy (non-hydrogen) atoms. The number of nitrogens with zero attached hydrogens (tertiary/aromatic N) is 2. The number of amidine groups is 1. The molecular weight excluding hydrogens is 284 g/mol. The van der Waals surface area contributed by atoms with Crippen LogP contribution in [-0.2, 0) is 14.4 Å². The van der Waals surface area contributed by atoms with E-state index in [1.54, 1.807) is 7.11 Å². The first kappa shape index (κ1) is 16.0. The summed E-state index contributed by atoms with van der Waals surface area (Å²) in [6.07, 6.45) is -0.312. The van der Waals surface area contributed by atoms with Crippen LogP contribution in [0.25, 0.3) is 0 Å². The first-order valence-corrected chi connectivity index (χ1v) is 6.94. The predicted octanol–water partition coefficient (Wildman–Crippen LogP) is 0.568. The zero-order valence-corrected chi connectivity index (χ0v) is 12.7. The Kier molecular flexibility index (Phi) is 5.11. The minimum Gasteiger partial charge on any atom is -0.383 e. The average molecular weight is 304 g/mol. The Hall–Kier alpha value is -2.41. The fourth-order valence-corrected chi connectivity index (χ4v) is 2.08. The molecule has 0 fully saturated rings. The Morgan fingerprint density at radius 2 is 2.18 bits per heavy atom. The van der Waals surface area contributed by atoms with Gasteiger partial charge < -0.3 is 20.2 Å². The molecule has 1 aliphatic rings. The Balaban J connectivity index is 2.02. The van der Waals surface area contributed by atoms with Gasteiger partial charge in [-0.3, -0.25) is 10.2 Å². The molecule has 0 bridgehead atoms. The molecular formula is C15H20N4O3. The number of nitrogens with two attached hydrogens (primary N) is 1. The van der Waals surface area contributed by atoms with Crippen LogP contribution in [-0.4, -0.2) is 55.8 Å². The van der Waals surface area contributed by atoms with Gasteiger partial charge in [-0.05, 0) is 5.56 Å². The van der Waals surface area contributed by atoms with Crippen molar-refractivity contribution in [2.75, 3.05) is 27.3 Å². The maximum atomic E-state index is 11.1. The van der Waals surface area contributed by atoms with Crippen LogP contribution in [0.3, 0.4) is 0 Å². The lowest BCUT2D eigenvalue weighted by atomic mass is 10.0. The highest BCUT2D eigenvalue weighted by Crippen LogP contribution is 2.17. The minimum absolute atomic E-state index is 0.375. The molecule has 0 saturated heterocycles. The van der Waals surface area contributed by atoms with E-state index in [0.29, 0.717) is 31.1 Å². The molecule has 1 aromatic rings. The topological polar surface area (TPSA) is 101 Å². The van der Waals surface area contributed by atoms with Crippen molar-refractivity contribution < 1.29 is 14.4 Å². The first-order chi connectivity index (χ1) is 10.5. The number of methoxy groups -OCH3 is 1. The maximum absolute atomic E-state index is 11.1. The van der Waals surface area contributed by atoms with Crippen molar-refractivity contribution in [3.05, 3.63) is 35.4 Å². The van der Waals surface area contributed by atoms with E-state index in [1.807, 2.05) is 36.2 Å². The summed E-state index contributed by atoms with van der Waals surface area (Å²) in [5.74, 6) is -0.0971. The molecule has 1 heterocycles. The molecule has 3 N–H and O–H groups in total. The number of benzene rings is 1. The average Bonchev–Trinajstić information content (AvgIpc) is 3.02. The summed E-state index contributed by atoms with van der Waals surface area (Å²) in [5.41, 5.74) is 7.54. The van der Waals surface area contributed by atoms with Crippen molar-refractivity contribution >= 4 is 17.5 Å². The van der Waals surface area contributed by atoms with E-state index in [0.717, 1.165) is 11.1 Å². The molecule has 2 rings (SSSR count). The Labute approximate surface area is 129 Å². The zero-order chi connectivity index (χ0) is 16.1. The van der Waals surface area contributed by atoms with E-state index < -0.39 is 12.0 Å². The van der Waals surface area contributed by atoms with Crippen LogP contribution >= 0.6 is 0 Å². The van der Waals surface area contributed by atoms with Gasteiger partial charge in [0.15, 0.2) is 0 Å². The van der Waals surface area contributed by atoms with Crippen molar-refractivity contribution in [2.45, 2.75) is 12.5 Å². The number of ether oxygens (including phenoxy) is 1. The molecule has 0 radical (unpaired) electrons. The summed E-state index contributed by atoms with van der Waals surface area (Å²) < 4.78 is 5.01. The molecule has 7 nitrogen and oxygen atoms in total. The highest BCUT2D eigenvalue weighted by molar-refractivity contribution is 6.04. The number of amides is 1. The van der Waals surface area contributed by atoms with Gasteiger partial charge in [-0.2, -0.15) is 0 Å². The van der Waals surface area contributed by atoms with Crippen LogP contribution in [0.15, 0.2) is 29.4 Å². The fraction of sp³-hybridized carbons (Fsp3) is 0.400. The smallest absolute Gasteiger partial charge is 0.261 e. The van der Waals surface area contributed by atoms with Gasteiger partial charge in [0.25, 0.3) is 5.91 Å². The summed E-state index contributed by atoms with van der Waals surface area (Å²) in [5, 5.41) is 12.0. The van der Waals surface area contributed by atoms with Crippen molar-refractivity contribution in [2.24, 2.45) is 10.9 Å². The first-order valence-electron chi connectivity index (χ1n) is 6.94. The van der Waals surface area contributed by atoms with Crippen LogP contribution in [0.2, 0.25) is 0 Å². The molecule has 7 heteroatoms. The number of carbonyl (C=O) groups excluding carboxylic acids is 1. The van der Waals surface area contributed by atoms with Crippen LogP contribution < -0.4 is 5.73 Å². The van der Waals surface area contributed by atoms with Crippen LogP contribution in [0.4, 0.5) is 0 Å². The second kappa shape index (κ2) is 7.04. The van der Waals surface area contributed by atoms with Gasteiger partial charge in [-0.15, -0.1) is 0 Å². The Morgan fingerprint density at radius 3 is 2.73 bits per heavy atom. The van der Waals surface area contributed by atoms with Crippen molar-refractivity contribution in [3.8, 4) is 0 Å². The maximum Gasteiger partial charge on any atom is 0.261 e. The second-order valence-electron chi connectivity index (χ2n) is 5.08. The van der Waals surface area contributed by atoms with Gasteiger partial charge in [0.05, 0.1) is 12.3 Å². The molecule has 1 aromatic carbocycles. The van der Waals surface area contributed by atoms with E-state index in [9.17, 15) is 4.79 Å². The third kappa shape index (κ3) is 3.62. The fourth-order valence-electron chi connectivity index (χ4n) is 2.08. The highest BCUT2D eigenvalue weighted by atomic mass is 16.6. The highest BCUT2D eigenvalue weighted by Gasteiger charge is 2.26. The number of hydrogen-bond acceptors (Lipinski definition) is 5. The normalized spacial score (nSPS) is 16.8. The standard InChI is InChI=1S/C15H20N4O3/c1-19(7-8-21-2)14(16)11-5-3-10(4-6-11)12-9-13(15(17)20)22-18-12/h3-6,13,16H,7-9H2,1-2H3,(H2,17,20). The van der Waals surface area contributed by atoms with Gasteiger partial charge in [-0.1, -0.05) is 29.4 Å². The molecule has 0 saturated carbocycles. The monoisotopic (exact) mass is 304 g/mol. The minimum atomic E-state index is -0.687. The lowest BCUT2D eigenvalue weighted by molar-refractivity contribution is -0.127. The third-order valence-corrected chi connectivity index (χ3v) is 3.49. The molecule has 0 aromatic heterocycles. The van der Waals surface area contributed by atoms with Crippen molar-refractivity contribution in [3.63, 3.8) is 0 Å². The molecule has 118 valence electrons. The number of rotatable bonds is 6. The SMILES string of the molecule is COCCN(C)C(=N)c1ccc(C2=NOC(C(N)=O)C2)cc1. The van der Waals surface area contributed by atoms with Gasteiger partial charge in [0.1, 0.15) is 5.84 Å². The van der Waals surface area contributed by atoms with E-state index in [2.05, 4.69) is 5.16 Å². The summed E-state index contributed by atoms with van der Waals surface area (Å²) in [6.45, 7) is 1.22. The van der Waals surface area contributed by atoms with Gasteiger partial charge in [0.2, 0.25) is 6.10 Å². The lowest BCUT2D eigenvalue weighted by Gasteiger charge is -2.19. The molecule has 0 aliphatic carbocycles. The molecule has 1 unspecified atom stereocenters. The predicted molar refractivity (Wildman–Crippen MR) is 83.0 cm³/mol. The van der Waals surface area contributed by atoms with Crippen molar-refractivity contribution in [1.82, 2.24) is 4.90 Å². The van der Waals surface area contributed by atoms with Crippen molar-refractivity contribution in [1.29, 1.82) is 5.41 Å². The summed E-state index contributed by atoms with van der Waals surface area (Å²) in [6, 6.07) is 7.42. The number of nitrogens with one attached hydrogen (secondary N) is 1. The summed E-state index contributed by atoms with van der Waals surface area (Å²) in [7, 11) is 3.48. The summed E-state index contributed by atoms with van der Waals surface area (Å²) in [4.78, 5) is 17.9. The van der Waals surface area contributed by atoms with Gasteiger partial charge in [0, 0.05) is 32.7 Å². The van der Waals surface area contributed by atoms with E-state index in [4.69, 9.17) is 20.7 Å². The Bertz CT molecular complexity index is 583. The number of oxime groups is 1. The van der Waals surface area contributed by atoms with Crippen LogP contribution in [0.5, 0.6) is 0 Å². The second-order valence-corrected chi connectivity index (χ2v) is 5.08. The zero-order valence-electron chi connectivity index (χ0n) is 12.7. The third-order valence-electron chi connectivity index (χ3n) is 3.49. The van der Waals surface area contributed by atoms with E-state index >= 15 is 0 Å². The van der Waals surface area contributed by atoms with Gasteiger partial charge in [-0.25, -0.2) is 0 Å². The van der Waals surface area contributed by atoms with E-state index in [1.165, 1.54) is 0 Å². The quantitative estimate of drug-likeness (QED) is 0.592. The number of carbonyl (C=O) groups is 1. The molecule has 1 atom stereocenters.